The third-order valence-corrected chi connectivity index (χ3v) is 5.33. The number of hydrogen-bond acceptors (Lipinski definition) is 2. The van der Waals surface area contributed by atoms with E-state index < -0.39 is 0 Å². The average Bonchev–Trinajstić information content (AvgIpc) is 2.94. The highest BCUT2D eigenvalue weighted by Gasteiger charge is 2.29. The standard InChI is InChI=1S/C21H24N2O.ClH/c24-21-20-9-5-4-8-19(20)16-23(21)15-18-10-12-22(13-11-18)14-17-6-2-1-3-7-17;/h1-9,18H,10-16H2;1H. The number of carbonyl (C=O) groups is 1. The first-order valence-corrected chi connectivity index (χ1v) is 8.93. The molecular weight excluding hydrogens is 332 g/mol. The van der Waals surface area contributed by atoms with Gasteiger partial charge >= 0.3 is 0 Å². The summed E-state index contributed by atoms with van der Waals surface area (Å²) < 4.78 is 0. The molecule has 2 heterocycles. The van der Waals surface area contributed by atoms with Crippen LogP contribution in [0.5, 0.6) is 0 Å². The Morgan fingerprint density at radius 2 is 1.60 bits per heavy atom. The number of nitrogens with zero attached hydrogens (tertiary/aromatic N) is 2. The van der Waals surface area contributed by atoms with Crippen LogP contribution in [0.3, 0.4) is 0 Å². The lowest BCUT2D eigenvalue weighted by molar-refractivity contribution is 0.0711. The summed E-state index contributed by atoms with van der Waals surface area (Å²) in [4.78, 5) is 17.1. The van der Waals surface area contributed by atoms with Crippen molar-refractivity contribution in [2.24, 2.45) is 5.92 Å². The largest absolute Gasteiger partial charge is 0.334 e. The molecule has 25 heavy (non-hydrogen) atoms. The van der Waals surface area contributed by atoms with Gasteiger partial charge in [-0.3, -0.25) is 9.69 Å². The normalized spacial score (nSPS) is 18.1. The molecule has 0 aromatic heterocycles. The highest BCUT2D eigenvalue weighted by Crippen LogP contribution is 2.26. The minimum atomic E-state index is 0. The summed E-state index contributed by atoms with van der Waals surface area (Å²) in [6.07, 6.45) is 2.37. The monoisotopic (exact) mass is 356 g/mol. The van der Waals surface area contributed by atoms with E-state index in [4.69, 9.17) is 0 Å². The zero-order chi connectivity index (χ0) is 16.4. The van der Waals surface area contributed by atoms with Crippen LogP contribution in [0.1, 0.15) is 34.3 Å². The fourth-order valence-electron chi connectivity index (χ4n) is 3.94. The Labute approximate surface area is 156 Å². The van der Waals surface area contributed by atoms with Crippen molar-refractivity contribution >= 4 is 18.3 Å². The molecule has 2 aliphatic heterocycles. The lowest BCUT2D eigenvalue weighted by atomic mass is 9.96. The molecule has 0 atom stereocenters. The number of benzene rings is 2. The van der Waals surface area contributed by atoms with Crippen LogP contribution < -0.4 is 0 Å². The number of fused-ring (bicyclic) bond motifs is 1. The second-order valence-electron chi connectivity index (χ2n) is 7.05. The number of carbonyl (C=O) groups excluding carboxylic acids is 1. The Hall–Kier alpha value is -1.84. The molecule has 4 rings (SSSR count). The number of likely N-dealkylation sites (tertiary alicyclic amines) is 1. The SMILES string of the molecule is Cl.O=C1c2ccccc2CN1CC1CCN(Cc2ccccc2)CC1. The van der Waals surface area contributed by atoms with Gasteiger partial charge in [0.2, 0.25) is 0 Å². The van der Waals surface area contributed by atoms with Gasteiger partial charge < -0.3 is 4.90 Å². The van der Waals surface area contributed by atoms with Crippen molar-refractivity contribution < 1.29 is 4.79 Å². The van der Waals surface area contributed by atoms with E-state index in [1.165, 1.54) is 24.0 Å². The van der Waals surface area contributed by atoms with E-state index in [1.54, 1.807) is 0 Å². The topological polar surface area (TPSA) is 23.6 Å². The van der Waals surface area contributed by atoms with Gasteiger partial charge in [-0.1, -0.05) is 48.5 Å². The minimum absolute atomic E-state index is 0. The maximum absolute atomic E-state index is 12.5. The molecule has 0 saturated carbocycles. The van der Waals surface area contributed by atoms with Crippen LogP contribution in [0.15, 0.2) is 54.6 Å². The summed E-state index contributed by atoms with van der Waals surface area (Å²) in [6, 6.07) is 18.7. The van der Waals surface area contributed by atoms with E-state index in [1.807, 2.05) is 23.1 Å². The molecule has 0 spiro atoms. The summed E-state index contributed by atoms with van der Waals surface area (Å²) in [5.74, 6) is 0.854. The molecule has 132 valence electrons. The molecule has 1 fully saturated rings. The lowest BCUT2D eigenvalue weighted by Crippen LogP contribution is -2.38. The van der Waals surface area contributed by atoms with Crippen molar-refractivity contribution in [1.29, 1.82) is 0 Å². The van der Waals surface area contributed by atoms with Gasteiger partial charge in [0, 0.05) is 25.2 Å². The van der Waals surface area contributed by atoms with Gasteiger partial charge in [-0.2, -0.15) is 0 Å². The number of rotatable bonds is 4. The van der Waals surface area contributed by atoms with Gasteiger partial charge in [-0.15, -0.1) is 12.4 Å². The predicted molar refractivity (Wildman–Crippen MR) is 103 cm³/mol. The molecule has 0 bridgehead atoms. The van der Waals surface area contributed by atoms with Gasteiger partial charge in [0.15, 0.2) is 0 Å². The second-order valence-corrected chi connectivity index (χ2v) is 7.05. The smallest absolute Gasteiger partial charge is 0.254 e. The first-order chi connectivity index (χ1) is 11.8. The van der Waals surface area contributed by atoms with Crippen LogP contribution in [0.25, 0.3) is 0 Å². The molecule has 4 heteroatoms. The second kappa shape index (κ2) is 8.03. The fraction of sp³-hybridized carbons (Fsp3) is 0.381. The van der Waals surface area contributed by atoms with Gasteiger partial charge in [0.1, 0.15) is 0 Å². The van der Waals surface area contributed by atoms with E-state index in [9.17, 15) is 4.79 Å². The highest BCUT2D eigenvalue weighted by atomic mass is 35.5. The van der Waals surface area contributed by atoms with Crippen LogP contribution in [0, 0.1) is 5.92 Å². The molecule has 2 aromatic carbocycles. The predicted octanol–water partition coefficient (Wildman–Crippen LogP) is 3.98. The highest BCUT2D eigenvalue weighted by molar-refractivity contribution is 5.98. The molecule has 3 nitrogen and oxygen atoms in total. The number of halogens is 1. The number of piperidine rings is 1. The Kier molecular flexibility index (Phi) is 5.77. The van der Waals surface area contributed by atoms with E-state index in [2.05, 4.69) is 41.3 Å². The first-order valence-electron chi connectivity index (χ1n) is 8.93. The Morgan fingerprint density at radius 1 is 0.920 bits per heavy atom. The van der Waals surface area contributed by atoms with Crippen LogP contribution in [0.2, 0.25) is 0 Å². The minimum Gasteiger partial charge on any atom is -0.334 e. The maximum Gasteiger partial charge on any atom is 0.254 e. The van der Waals surface area contributed by atoms with Crippen LogP contribution >= 0.6 is 12.4 Å². The van der Waals surface area contributed by atoms with Crippen molar-refractivity contribution in [2.75, 3.05) is 19.6 Å². The van der Waals surface area contributed by atoms with E-state index in [0.717, 1.165) is 38.3 Å². The third kappa shape index (κ3) is 4.05. The van der Waals surface area contributed by atoms with Crippen molar-refractivity contribution in [2.45, 2.75) is 25.9 Å². The Balaban J connectivity index is 0.00000182. The van der Waals surface area contributed by atoms with Crippen molar-refractivity contribution in [1.82, 2.24) is 9.80 Å². The molecule has 2 aliphatic rings. The van der Waals surface area contributed by atoms with Gasteiger partial charge in [-0.25, -0.2) is 0 Å². The molecule has 1 amide bonds. The molecule has 0 radical (unpaired) electrons. The number of amides is 1. The molecule has 0 N–H and O–H groups in total. The summed E-state index contributed by atoms with van der Waals surface area (Å²) in [6.45, 7) is 5.01. The molecule has 1 saturated heterocycles. The summed E-state index contributed by atoms with van der Waals surface area (Å²) in [5.41, 5.74) is 3.48. The molecule has 2 aromatic rings. The first kappa shape index (κ1) is 18.0. The van der Waals surface area contributed by atoms with Crippen LogP contribution in [-0.4, -0.2) is 35.3 Å². The van der Waals surface area contributed by atoms with Gasteiger partial charge in [0.25, 0.3) is 5.91 Å². The molecule has 0 unspecified atom stereocenters. The fourth-order valence-corrected chi connectivity index (χ4v) is 3.94. The maximum atomic E-state index is 12.5. The van der Waals surface area contributed by atoms with Gasteiger partial charge in [0.05, 0.1) is 0 Å². The summed E-state index contributed by atoms with van der Waals surface area (Å²) in [5, 5.41) is 0. The van der Waals surface area contributed by atoms with Crippen LogP contribution in [-0.2, 0) is 13.1 Å². The third-order valence-electron chi connectivity index (χ3n) is 5.33. The zero-order valence-electron chi connectivity index (χ0n) is 14.4. The quantitative estimate of drug-likeness (QED) is 0.827. The Bertz CT molecular complexity index is 711. The molecule has 0 aliphatic carbocycles. The average molecular weight is 357 g/mol. The van der Waals surface area contributed by atoms with Crippen LogP contribution in [0.4, 0.5) is 0 Å². The van der Waals surface area contributed by atoms with E-state index in [0.29, 0.717) is 5.92 Å². The van der Waals surface area contributed by atoms with E-state index >= 15 is 0 Å². The summed E-state index contributed by atoms with van der Waals surface area (Å²) in [7, 11) is 0. The van der Waals surface area contributed by atoms with Crippen molar-refractivity contribution in [3.63, 3.8) is 0 Å². The molecular formula is C21H25ClN2O. The lowest BCUT2D eigenvalue weighted by Gasteiger charge is -2.33. The van der Waals surface area contributed by atoms with Crippen molar-refractivity contribution in [3.8, 4) is 0 Å². The number of hydrogen-bond donors (Lipinski definition) is 0. The van der Waals surface area contributed by atoms with Crippen molar-refractivity contribution in [3.05, 3.63) is 71.3 Å². The van der Waals surface area contributed by atoms with Gasteiger partial charge in [-0.05, 0) is 49.0 Å². The van der Waals surface area contributed by atoms with E-state index in [-0.39, 0.29) is 18.3 Å². The Morgan fingerprint density at radius 3 is 2.32 bits per heavy atom. The zero-order valence-corrected chi connectivity index (χ0v) is 15.3. The summed E-state index contributed by atoms with van der Waals surface area (Å²) >= 11 is 0.